The molecule has 19 heavy (non-hydrogen) atoms. The fourth-order valence-corrected chi connectivity index (χ4v) is 3.21. The molecule has 0 saturated carbocycles. The van der Waals surface area contributed by atoms with Crippen LogP contribution in [0.2, 0.25) is 0 Å². The van der Waals surface area contributed by atoms with Crippen LogP contribution in [0.15, 0.2) is 40.2 Å². The fourth-order valence-electron chi connectivity index (χ4n) is 2.03. The van der Waals surface area contributed by atoms with Gasteiger partial charge in [0.25, 0.3) is 0 Å². The normalized spacial score (nSPS) is 12.2. The van der Waals surface area contributed by atoms with E-state index in [0.717, 1.165) is 15.7 Å². The third-order valence-corrected chi connectivity index (χ3v) is 4.79. The van der Waals surface area contributed by atoms with Crippen LogP contribution in [0.1, 0.15) is 35.1 Å². The number of halogens is 1. The average molecular weight is 338 g/mol. The lowest BCUT2D eigenvalue weighted by molar-refractivity contribution is 0.101. The standard InChI is InChI=1S/C15H16BrNOS/c1-10(15-5-4-8-19-15)17(3)14-7-6-12(16)9-13(14)11(2)18/h4-10H,1-3H3. The molecular weight excluding hydrogens is 322 g/mol. The molecule has 0 saturated heterocycles. The lowest BCUT2D eigenvalue weighted by Gasteiger charge is -2.28. The Morgan fingerprint density at radius 1 is 1.37 bits per heavy atom. The van der Waals surface area contributed by atoms with Crippen LogP contribution in [-0.2, 0) is 0 Å². The van der Waals surface area contributed by atoms with Gasteiger partial charge in [0.05, 0.1) is 6.04 Å². The van der Waals surface area contributed by atoms with Gasteiger partial charge < -0.3 is 4.90 Å². The molecule has 1 unspecified atom stereocenters. The summed E-state index contributed by atoms with van der Waals surface area (Å²) in [6, 6.07) is 10.3. The van der Waals surface area contributed by atoms with E-state index in [2.05, 4.69) is 45.3 Å². The van der Waals surface area contributed by atoms with Crippen LogP contribution in [-0.4, -0.2) is 12.8 Å². The van der Waals surface area contributed by atoms with Crippen molar-refractivity contribution in [1.82, 2.24) is 0 Å². The molecule has 2 nitrogen and oxygen atoms in total. The zero-order valence-corrected chi connectivity index (χ0v) is 13.6. The first-order valence-corrected chi connectivity index (χ1v) is 7.74. The Labute approximate surface area is 126 Å². The van der Waals surface area contributed by atoms with Crippen LogP contribution >= 0.6 is 27.3 Å². The predicted octanol–water partition coefficient (Wildman–Crippen LogP) is 4.91. The smallest absolute Gasteiger partial charge is 0.161 e. The second-order valence-corrected chi connectivity index (χ2v) is 6.41. The highest BCUT2D eigenvalue weighted by Crippen LogP contribution is 2.32. The minimum absolute atomic E-state index is 0.0847. The highest BCUT2D eigenvalue weighted by atomic mass is 79.9. The van der Waals surface area contributed by atoms with Crippen molar-refractivity contribution in [2.45, 2.75) is 19.9 Å². The molecule has 2 aromatic rings. The average Bonchev–Trinajstić information content (AvgIpc) is 2.90. The summed E-state index contributed by atoms with van der Waals surface area (Å²) in [5.74, 6) is 0.0847. The summed E-state index contributed by atoms with van der Waals surface area (Å²) >= 11 is 5.16. The van der Waals surface area contributed by atoms with E-state index < -0.39 is 0 Å². The third-order valence-electron chi connectivity index (χ3n) is 3.25. The Bertz CT molecular complexity index is 580. The summed E-state index contributed by atoms with van der Waals surface area (Å²) in [5.41, 5.74) is 1.72. The molecule has 2 rings (SSSR count). The Morgan fingerprint density at radius 3 is 2.68 bits per heavy atom. The number of rotatable bonds is 4. The summed E-state index contributed by atoms with van der Waals surface area (Å²) in [6.45, 7) is 3.76. The van der Waals surface area contributed by atoms with Gasteiger partial charge in [0.15, 0.2) is 5.78 Å². The SMILES string of the molecule is CC(=O)c1cc(Br)ccc1N(C)C(C)c1cccs1. The summed E-state index contributed by atoms with van der Waals surface area (Å²) in [6.07, 6.45) is 0. The van der Waals surface area contributed by atoms with Gasteiger partial charge in [-0.3, -0.25) is 4.79 Å². The zero-order valence-electron chi connectivity index (χ0n) is 11.2. The van der Waals surface area contributed by atoms with E-state index in [1.54, 1.807) is 18.3 Å². The maximum Gasteiger partial charge on any atom is 0.161 e. The molecule has 0 aliphatic carbocycles. The molecule has 1 atom stereocenters. The fraction of sp³-hybridized carbons (Fsp3) is 0.267. The van der Waals surface area contributed by atoms with E-state index in [1.807, 2.05) is 25.2 Å². The van der Waals surface area contributed by atoms with Crippen molar-refractivity contribution in [3.05, 3.63) is 50.6 Å². The molecule has 0 N–H and O–H groups in total. The number of hydrogen-bond acceptors (Lipinski definition) is 3. The molecule has 100 valence electrons. The van der Waals surface area contributed by atoms with Crippen molar-refractivity contribution >= 4 is 38.7 Å². The van der Waals surface area contributed by atoms with Gasteiger partial charge in [-0.25, -0.2) is 0 Å². The van der Waals surface area contributed by atoms with Crippen molar-refractivity contribution in [3.63, 3.8) is 0 Å². The van der Waals surface area contributed by atoms with Crippen molar-refractivity contribution in [2.24, 2.45) is 0 Å². The van der Waals surface area contributed by atoms with Crippen molar-refractivity contribution in [2.75, 3.05) is 11.9 Å². The first-order valence-electron chi connectivity index (χ1n) is 6.07. The molecule has 1 aromatic carbocycles. The lowest BCUT2D eigenvalue weighted by Crippen LogP contribution is -2.22. The van der Waals surface area contributed by atoms with Gasteiger partial charge in [-0.05, 0) is 43.5 Å². The van der Waals surface area contributed by atoms with Crippen LogP contribution in [0, 0.1) is 0 Å². The van der Waals surface area contributed by atoms with Gasteiger partial charge in [0, 0.05) is 27.6 Å². The maximum atomic E-state index is 11.8. The second kappa shape index (κ2) is 5.88. The largest absolute Gasteiger partial charge is 0.366 e. The van der Waals surface area contributed by atoms with Gasteiger partial charge in [-0.2, -0.15) is 0 Å². The Balaban J connectivity index is 2.38. The summed E-state index contributed by atoms with van der Waals surface area (Å²) in [5, 5.41) is 2.08. The molecule has 0 bridgehead atoms. The zero-order chi connectivity index (χ0) is 14.0. The van der Waals surface area contributed by atoms with Gasteiger partial charge in [0.2, 0.25) is 0 Å². The molecule has 0 radical (unpaired) electrons. The van der Waals surface area contributed by atoms with Crippen LogP contribution in [0.5, 0.6) is 0 Å². The highest BCUT2D eigenvalue weighted by Gasteiger charge is 2.18. The van der Waals surface area contributed by atoms with Gasteiger partial charge >= 0.3 is 0 Å². The quantitative estimate of drug-likeness (QED) is 0.738. The van der Waals surface area contributed by atoms with Gasteiger partial charge in [-0.1, -0.05) is 22.0 Å². The minimum atomic E-state index is 0.0847. The first kappa shape index (κ1) is 14.3. The minimum Gasteiger partial charge on any atom is -0.366 e. The predicted molar refractivity (Wildman–Crippen MR) is 85.3 cm³/mol. The maximum absolute atomic E-state index is 11.8. The highest BCUT2D eigenvalue weighted by molar-refractivity contribution is 9.10. The monoisotopic (exact) mass is 337 g/mol. The Kier molecular flexibility index (Phi) is 4.42. The van der Waals surface area contributed by atoms with Crippen molar-refractivity contribution in [3.8, 4) is 0 Å². The number of nitrogens with zero attached hydrogens (tertiary/aromatic N) is 1. The second-order valence-electron chi connectivity index (χ2n) is 4.52. The molecule has 1 aromatic heterocycles. The molecule has 0 fully saturated rings. The third kappa shape index (κ3) is 3.07. The first-order chi connectivity index (χ1) is 9.00. The molecule has 0 aliphatic heterocycles. The number of ketones is 1. The van der Waals surface area contributed by atoms with Crippen molar-refractivity contribution in [1.29, 1.82) is 0 Å². The Morgan fingerprint density at radius 2 is 2.11 bits per heavy atom. The summed E-state index contributed by atoms with van der Waals surface area (Å²) < 4.78 is 0.929. The van der Waals surface area contributed by atoms with E-state index in [-0.39, 0.29) is 11.8 Å². The molecule has 0 amide bonds. The van der Waals surface area contributed by atoms with E-state index in [9.17, 15) is 4.79 Å². The van der Waals surface area contributed by atoms with Crippen LogP contribution < -0.4 is 4.90 Å². The molecule has 0 spiro atoms. The van der Waals surface area contributed by atoms with E-state index in [4.69, 9.17) is 0 Å². The summed E-state index contributed by atoms with van der Waals surface area (Å²) in [7, 11) is 2.03. The number of Topliss-reactive ketones (excluding diaryl/α,β-unsaturated/α-hetero) is 1. The van der Waals surface area contributed by atoms with Crippen LogP contribution in [0.4, 0.5) is 5.69 Å². The lowest BCUT2D eigenvalue weighted by atomic mass is 10.1. The van der Waals surface area contributed by atoms with Crippen LogP contribution in [0.25, 0.3) is 0 Å². The topological polar surface area (TPSA) is 20.3 Å². The summed E-state index contributed by atoms with van der Waals surface area (Å²) in [4.78, 5) is 15.2. The number of benzene rings is 1. The molecule has 4 heteroatoms. The van der Waals surface area contributed by atoms with Crippen LogP contribution in [0.3, 0.4) is 0 Å². The van der Waals surface area contributed by atoms with Crippen molar-refractivity contribution < 1.29 is 4.79 Å². The van der Waals surface area contributed by atoms with Gasteiger partial charge in [-0.15, -0.1) is 11.3 Å². The van der Waals surface area contributed by atoms with E-state index >= 15 is 0 Å². The number of thiophene rings is 1. The Hall–Kier alpha value is -1.13. The molecule has 1 heterocycles. The molecule has 0 aliphatic rings. The number of carbonyl (C=O) groups excluding carboxylic acids is 1. The molecular formula is C15H16BrNOS. The van der Waals surface area contributed by atoms with Gasteiger partial charge in [0.1, 0.15) is 0 Å². The number of anilines is 1. The van der Waals surface area contributed by atoms with E-state index in [1.165, 1.54) is 4.88 Å². The van der Waals surface area contributed by atoms with E-state index in [0.29, 0.717) is 0 Å². The number of carbonyl (C=O) groups is 1. The number of hydrogen-bond donors (Lipinski definition) is 0.